The number of pyridine rings is 1. The molecule has 0 spiro atoms. The summed E-state index contributed by atoms with van der Waals surface area (Å²) in [7, 11) is 0. The van der Waals surface area contributed by atoms with Gasteiger partial charge in [-0.05, 0) is 26.8 Å². The van der Waals surface area contributed by atoms with Gasteiger partial charge in [-0.1, -0.05) is 5.16 Å². The van der Waals surface area contributed by atoms with Gasteiger partial charge in [-0.3, -0.25) is 4.79 Å². The molecule has 0 bridgehead atoms. The molecule has 3 N–H and O–H groups in total. The molecule has 2 rings (SSSR count). The maximum absolute atomic E-state index is 12.4. The number of hydrogen-bond donors (Lipinski definition) is 3. The first-order valence-electron chi connectivity index (χ1n) is 6.18. The Hall–Kier alpha value is -1.99. The number of fused-ring (bicyclic) bond motifs is 1. The predicted octanol–water partition coefficient (Wildman–Crippen LogP) is 0.313. The first-order valence-corrected chi connectivity index (χ1v) is 6.18. The summed E-state index contributed by atoms with van der Waals surface area (Å²) < 4.78 is 5.06. The zero-order valence-electron chi connectivity index (χ0n) is 11.6. The monoisotopic (exact) mass is 279 g/mol. The van der Waals surface area contributed by atoms with Gasteiger partial charge in [-0.25, -0.2) is 4.98 Å². The quantitative estimate of drug-likeness (QED) is 0.743. The number of nitrogens with one attached hydrogen (secondary N) is 1. The molecule has 108 valence electrons. The number of aromatic nitrogens is 2. The van der Waals surface area contributed by atoms with Crippen molar-refractivity contribution in [2.45, 2.75) is 26.3 Å². The Labute approximate surface area is 115 Å². The Balaban J connectivity index is 2.47. The molecule has 0 aliphatic rings. The number of carbonyl (C=O) groups excluding carboxylic acids is 1. The molecule has 1 amide bonds. The van der Waals surface area contributed by atoms with Crippen LogP contribution in [0.5, 0.6) is 0 Å². The fourth-order valence-corrected chi connectivity index (χ4v) is 1.87. The van der Waals surface area contributed by atoms with Crippen LogP contribution < -0.4 is 5.32 Å². The summed E-state index contributed by atoms with van der Waals surface area (Å²) in [6, 6.07) is 1.62. The zero-order chi connectivity index (χ0) is 14.9. The molecule has 20 heavy (non-hydrogen) atoms. The lowest BCUT2D eigenvalue weighted by molar-refractivity contribution is 0.0725. The molecule has 0 unspecified atom stereocenters. The lowest BCUT2D eigenvalue weighted by Crippen LogP contribution is -2.51. The van der Waals surface area contributed by atoms with Gasteiger partial charge in [0.05, 0.1) is 35.4 Å². The minimum atomic E-state index is -1.09. The first-order chi connectivity index (χ1) is 9.40. The molecular formula is C13H17N3O4. The first kappa shape index (κ1) is 14.4. The van der Waals surface area contributed by atoms with Crippen molar-refractivity contribution in [3.63, 3.8) is 0 Å². The van der Waals surface area contributed by atoms with Crippen molar-refractivity contribution in [1.82, 2.24) is 15.5 Å². The molecular weight excluding hydrogens is 262 g/mol. The molecule has 0 aliphatic carbocycles. The Morgan fingerprint density at radius 2 is 2.05 bits per heavy atom. The molecule has 0 fully saturated rings. The van der Waals surface area contributed by atoms with Gasteiger partial charge in [0.25, 0.3) is 11.6 Å². The van der Waals surface area contributed by atoms with Gasteiger partial charge in [-0.15, -0.1) is 0 Å². The number of hydrogen-bond acceptors (Lipinski definition) is 6. The fraction of sp³-hybridized carbons (Fsp3) is 0.462. The number of nitrogens with zero attached hydrogens (tertiary/aromatic N) is 2. The van der Waals surface area contributed by atoms with Crippen LogP contribution >= 0.6 is 0 Å². The standard InChI is InChI=1S/C13H17N3O4/c1-7-4-9(10-8(2)16-20-12(10)14-7)11(19)15-13(3,5-17)6-18/h4,17-18H,5-6H2,1-3H3,(H,15,19). The third-order valence-corrected chi connectivity index (χ3v) is 3.10. The van der Waals surface area contributed by atoms with E-state index in [0.717, 1.165) is 0 Å². The largest absolute Gasteiger partial charge is 0.394 e. The maximum Gasteiger partial charge on any atom is 0.258 e. The van der Waals surface area contributed by atoms with Crippen LogP contribution in [0.25, 0.3) is 11.1 Å². The Morgan fingerprint density at radius 3 is 2.65 bits per heavy atom. The average molecular weight is 279 g/mol. The van der Waals surface area contributed by atoms with Gasteiger partial charge in [0, 0.05) is 5.69 Å². The van der Waals surface area contributed by atoms with Gasteiger partial charge < -0.3 is 20.1 Å². The van der Waals surface area contributed by atoms with Crippen LogP contribution in [0.3, 0.4) is 0 Å². The molecule has 0 saturated heterocycles. The number of aryl methyl sites for hydroxylation is 2. The maximum atomic E-state index is 12.4. The number of aliphatic hydroxyl groups is 2. The summed E-state index contributed by atoms with van der Waals surface area (Å²) in [6.07, 6.45) is 0. The number of amides is 1. The van der Waals surface area contributed by atoms with E-state index in [2.05, 4.69) is 15.5 Å². The Bertz CT molecular complexity index is 646. The Morgan fingerprint density at radius 1 is 1.40 bits per heavy atom. The summed E-state index contributed by atoms with van der Waals surface area (Å²) in [5.41, 5.74) is 0.744. The minimum Gasteiger partial charge on any atom is -0.394 e. The highest BCUT2D eigenvalue weighted by Gasteiger charge is 2.27. The third-order valence-electron chi connectivity index (χ3n) is 3.10. The lowest BCUT2D eigenvalue weighted by atomic mass is 10.0. The van der Waals surface area contributed by atoms with Crippen molar-refractivity contribution < 1.29 is 19.5 Å². The molecule has 0 saturated carbocycles. The van der Waals surface area contributed by atoms with Crippen molar-refractivity contribution in [1.29, 1.82) is 0 Å². The summed E-state index contributed by atoms with van der Waals surface area (Å²) in [5.74, 6) is -0.419. The normalized spacial score (nSPS) is 11.8. The van der Waals surface area contributed by atoms with E-state index in [-0.39, 0.29) is 13.2 Å². The van der Waals surface area contributed by atoms with Gasteiger partial charge in [0.1, 0.15) is 0 Å². The highest BCUT2D eigenvalue weighted by Crippen LogP contribution is 2.22. The van der Waals surface area contributed by atoms with Crippen LogP contribution in [0.1, 0.15) is 28.7 Å². The van der Waals surface area contributed by atoms with E-state index in [1.165, 1.54) is 0 Å². The molecule has 0 atom stereocenters. The highest BCUT2D eigenvalue weighted by atomic mass is 16.5. The second kappa shape index (κ2) is 5.18. The second-order valence-electron chi connectivity index (χ2n) is 5.09. The van der Waals surface area contributed by atoms with E-state index < -0.39 is 11.4 Å². The van der Waals surface area contributed by atoms with Crippen molar-refractivity contribution in [3.05, 3.63) is 23.0 Å². The summed E-state index contributed by atoms with van der Waals surface area (Å²) in [5, 5.41) is 25.4. The third kappa shape index (κ3) is 2.50. The molecule has 7 nitrogen and oxygen atoms in total. The SMILES string of the molecule is Cc1cc(C(=O)NC(C)(CO)CO)c2c(C)noc2n1. The Kier molecular flexibility index (Phi) is 3.74. The van der Waals surface area contributed by atoms with Crippen LogP contribution in [-0.2, 0) is 0 Å². The van der Waals surface area contributed by atoms with Crippen molar-refractivity contribution in [3.8, 4) is 0 Å². The molecule has 0 radical (unpaired) electrons. The average Bonchev–Trinajstić information content (AvgIpc) is 2.79. The molecule has 2 heterocycles. The number of aliphatic hydroxyl groups excluding tert-OH is 2. The van der Waals surface area contributed by atoms with Crippen molar-refractivity contribution in [2.24, 2.45) is 0 Å². The van der Waals surface area contributed by atoms with E-state index in [1.54, 1.807) is 26.8 Å². The fourth-order valence-electron chi connectivity index (χ4n) is 1.87. The van der Waals surface area contributed by atoms with Crippen molar-refractivity contribution >= 4 is 17.0 Å². The minimum absolute atomic E-state index is 0.294. The second-order valence-corrected chi connectivity index (χ2v) is 5.09. The van der Waals surface area contributed by atoms with E-state index in [9.17, 15) is 15.0 Å². The van der Waals surface area contributed by atoms with E-state index >= 15 is 0 Å². The van der Waals surface area contributed by atoms with Crippen LogP contribution in [-0.4, -0.2) is 45.0 Å². The lowest BCUT2D eigenvalue weighted by Gasteiger charge is -2.26. The number of rotatable bonds is 4. The van der Waals surface area contributed by atoms with Gasteiger partial charge >= 0.3 is 0 Å². The predicted molar refractivity (Wildman–Crippen MR) is 71.3 cm³/mol. The molecule has 2 aromatic rings. The van der Waals surface area contributed by atoms with Crippen LogP contribution in [0.4, 0.5) is 0 Å². The summed E-state index contributed by atoms with van der Waals surface area (Å²) in [4.78, 5) is 16.5. The highest BCUT2D eigenvalue weighted by molar-refractivity contribution is 6.06. The van der Waals surface area contributed by atoms with Crippen LogP contribution in [0.2, 0.25) is 0 Å². The summed E-state index contributed by atoms with van der Waals surface area (Å²) >= 11 is 0. The van der Waals surface area contributed by atoms with Crippen molar-refractivity contribution in [2.75, 3.05) is 13.2 Å². The van der Waals surface area contributed by atoms with Gasteiger partial charge in [-0.2, -0.15) is 0 Å². The van der Waals surface area contributed by atoms with Crippen LogP contribution in [0.15, 0.2) is 10.6 Å². The molecule has 7 heteroatoms. The van der Waals surface area contributed by atoms with E-state index in [0.29, 0.717) is 28.1 Å². The van der Waals surface area contributed by atoms with Gasteiger partial charge in [0.15, 0.2) is 0 Å². The zero-order valence-corrected chi connectivity index (χ0v) is 11.6. The van der Waals surface area contributed by atoms with E-state index in [1.807, 2.05) is 0 Å². The topological polar surface area (TPSA) is 108 Å². The molecule has 0 aromatic carbocycles. The summed E-state index contributed by atoms with van der Waals surface area (Å²) in [6.45, 7) is 4.27. The van der Waals surface area contributed by atoms with Gasteiger partial charge in [0.2, 0.25) is 0 Å². The van der Waals surface area contributed by atoms with Crippen LogP contribution in [0, 0.1) is 13.8 Å². The number of carbonyl (C=O) groups is 1. The smallest absolute Gasteiger partial charge is 0.258 e. The molecule has 0 aliphatic heterocycles. The van der Waals surface area contributed by atoms with E-state index in [4.69, 9.17) is 4.52 Å². The molecule has 2 aromatic heterocycles.